The summed E-state index contributed by atoms with van der Waals surface area (Å²) in [5.41, 5.74) is 4.13. The van der Waals surface area contributed by atoms with E-state index < -0.39 is 0 Å². The predicted molar refractivity (Wildman–Crippen MR) is 84.1 cm³/mol. The average Bonchev–Trinajstić information content (AvgIpc) is 2.48. The highest BCUT2D eigenvalue weighted by Gasteiger charge is 2.23. The molecule has 0 unspecified atom stereocenters. The summed E-state index contributed by atoms with van der Waals surface area (Å²) in [6.07, 6.45) is 0. The van der Waals surface area contributed by atoms with Crippen molar-refractivity contribution in [3.05, 3.63) is 58.9 Å². The van der Waals surface area contributed by atoms with Crippen LogP contribution in [0.1, 0.15) is 5.56 Å². The number of pyridine rings is 1. The first-order valence-electron chi connectivity index (χ1n) is 6.58. The Morgan fingerprint density at radius 2 is 1.75 bits per heavy atom. The van der Waals surface area contributed by atoms with Crippen LogP contribution in [-0.2, 0) is 7.05 Å². The van der Waals surface area contributed by atoms with Gasteiger partial charge in [-0.25, -0.2) is 0 Å². The highest BCUT2D eigenvalue weighted by molar-refractivity contribution is 6.20. The minimum atomic E-state index is 0.0485. The van der Waals surface area contributed by atoms with Crippen LogP contribution in [0.3, 0.4) is 0 Å². The molecule has 0 bridgehead atoms. The lowest BCUT2D eigenvalue weighted by molar-refractivity contribution is 0.917. The standard InChI is InChI=1S/C17H14N2O/c1-10-11-6-4-9-14-15(11)16-12(17(20)19(14)3)7-5-8-13(16)18(10)2/h4-9H,1H2,2-3H3. The van der Waals surface area contributed by atoms with Gasteiger partial charge in [0.15, 0.2) is 0 Å². The molecule has 0 saturated carbocycles. The van der Waals surface area contributed by atoms with Gasteiger partial charge in [0, 0.05) is 47.2 Å². The summed E-state index contributed by atoms with van der Waals surface area (Å²) in [5, 5.41) is 2.93. The van der Waals surface area contributed by atoms with Gasteiger partial charge in [-0.05, 0) is 18.2 Å². The maximum Gasteiger partial charge on any atom is 0.258 e. The predicted octanol–water partition coefficient (Wildman–Crippen LogP) is 3.11. The fourth-order valence-corrected chi connectivity index (χ4v) is 3.20. The molecule has 0 aliphatic carbocycles. The van der Waals surface area contributed by atoms with Gasteiger partial charge in [0.25, 0.3) is 5.56 Å². The number of rotatable bonds is 0. The van der Waals surface area contributed by atoms with Gasteiger partial charge >= 0.3 is 0 Å². The van der Waals surface area contributed by atoms with E-state index in [2.05, 4.69) is 17.5 Å². The van der Waals surface area contributed by atoms with Crippen molar-refractivity contribution in [3.8, 4) is 0 Å². The third kappa shape index (κ3) is 1.13. The molecule has 4 rings (SSSR count). The third-order valence-electron chi connectivity index (χ3n) is 4.31. The Morgan fingerprint density at radius 1 is 1.00 bits per heavy atom. The molecule has 0 N–H and O–H groups in total. The highest BCUT2D eigenvalue weighted by Crippen LogP contribution is 2.41. The van der Waals surface area contributed by atoms with E-state index in [1.54, 1.807) is 4.57 Å². The Labute approximate surface area is 116 Å². The molecule has 0 fully saturated rings. The van der Waals surface area contributed by atoms with Gasteiger partial charge in [-0.2, -0.15) is 0 Å². The Bertz CT molecular complexity index is 966. The van der Waals surface area contributed by atoms with Crippen LogP contribution >= 0.6 is 0 Å². The van der Waals surface area contributed by atoms with E-state index in [-0.39, 0.29) is 5.56 Å². The Balaban J connectivity index is 2.48. The van der Waals surface area contributed by atoms with E-state index in [1.165, 1.54) is 0 Å². The lowest BCUT2D eigenvalue weighted by Gasteiger charge is -2.30. The van der Waals surface area contributed by atoms with Crippen molar-refractivity contribution in [2.45, 2.75) is 0 Å². The van der Waals surface area contributed by atoms with E-state index in [0.717, 1.165) is 38.6 Å². The number of hydrogen-bond donors (Lipinski definition) is 0. The number of nitrogens with zero attached hydrogens (tertiary/aromatic N) is 2. The van der Waals surface area contributed by atoms with Crippen molar-refractivity contribution in [2.24, 2.45) is 7.05 Å². The van der Waals surface area contributed by atoms with Crippen LogP contribution in [0.4, 0.5) is 5.69 Å². The summed E-state index contributed by atoms with van der Waals surface area (Å²) in [6, 6.07) is 11.9. The van der Waals surface area contributed by atoms with Gasteiger partial charge in [-0.15, -0.1) is 0 Å². The summed E-state index contributed by atoms with van der Waals surface area (Å²) >= 11 is 0. The SMILES string of the molecule is C=C1c2cccc3c2c2c(cccc2c(=O)n3C)N1C. The summed E-state index contributed by atoms with van der Waals surface area (Å²) in [6.45, 7) is 4.20. The number of benzene rings is 2. The average molecular weight is 262 g/mol. The number of anilines is 1. The van der Waals surface area contributed by atoms with E-state index in [0.29, 0.717) is 0 Å². The molecular formula is C17H14N2O. The van der Waals surface area contributed by atoms with E-state index >= 15 is 0 Å². The Kier molecular flexibility index (Phi) is 1.98. The molecule has 0 amide bonds. The van der Waals surface area contributed by atoms with Crippen molar-refractivity contribution in [1.29, 1.82) is 0 Å². The molecule has 20 heavy (non-hydrogen) atoms. The summed E-state index contributed by atoms with van der Waals surface area (Å²) < 4.78 is 1.73. The number of hydrogen-bond acceptors (Lipinski definition) is 2. The maximum atomic E-state index is 12.5. The van der Waals surface area contributed by atoms with Crippen molar-refractivity contribution in [1.82, 2.24) is 4.57 Å². The first-order chi connectivity index (χ1) is 9.61. The largest absolute Gasteiger partial charge is 0.344 e. The van der Waals surface area contributed by atoms with Gasteiger partial charge in [0.2, 0.25) is 0 Å². The molecule has 3 nitrogen and oxygen atoms in total. The molecular weight excluding hydrogens is 248 g/mol. The van der Waals surface area contributed by atoms with Crippen LogP contribution in [-0.4, -0.2) is 11.6 Å². The topological polar surface area (TPSA) is 25.2 Å². The van der Waals surface area contributed by atoms with E-state index in [1.807, 2.05) is 44.4 Å². The van der Waals surface area contributed by atoms with Crippen molar-refractivity contribution < 1.29 is 0 Å². The normalized spacial score (nSPS) is 13.7. The molecule has 0 spiro atoms. The summed E-state index contributed by atoms with van der Waals surface area (Å²) in [7, 11) is 3.82. The molecule has 98 valence electrons. The first-order valence-corrected chi connectivity index (χ1v) is 6.58. The molecule has 3 aromatic rings. The fourth-order valence-electron chi connectivity index (χ4n) is 3.20. The highest BCUT2D eigenvalue weighted by atomic mass is 16.1. The second-order valence-electron chi connectivity index (χ2n) is 5.27. The Hall–Kier alpha value is -2.55. The molecule has 0 radical (unpaired) electrons. The fraction of sp³-hybridized carbons (Fsp3) is 0.118. The van der Waals surface area contributed by atoms with Gasteiger partial charge in [0.1, 0.15) is 0 Å². The molecule has 0 atom stereocenters. The van der Waals surface area contributed by atoms with E-state index in [9.17, 15) is 4.79 Å². The van der Waals surface area contributed by atoms with Gasteiger partial charge in [0.05, 0.1) is 5.52 Å². The summed E-state index contributed by atoms with van der Waals surface area (Å²) in [4.78, 5) is 14.6. The second kappa shape index (κ2) is 3.51. The van der Waals surface area contributed by atoms with Crippen molar-refractivity contribution in [2.75, 3.05) is 11.9 Å². The molecule has 3 heteroatoms. The zero-order chi connectivity index (χ0) is 14.0. The molecule has 2 heterocycles. The molecule has 1 aliphatic heterocycles. The molecule has 1 aliphatic rings. The first kappa shape index (κ1) is 11.3. The van der Waals surface area contributed by atoms with Crippen molar-refractivity contribution >= 4 is 33.1 Å². The zero-order valence-electron chi connectivity index (χ0n) is 11.5. The quantitative estimate of drug-likeness (QED) is 0.582. The van der Waals surface area contributed by atoms with Gasteiger partial charge in [-0.1, -0.05) is 24.8 Å². The zero-order valence-corrected chi connectivity index (χ0v) is 11.5. The van der Waals surface area contributed by atoms with E-state index in [4.69, 9.17) is 0 Å². The lowest BCUT2D eigenvalue weighted by Crippen LogP contribution is -2.23. The minimum Gasteiger partial charge on any atom is -0.344 e. The Morgan fingerprint density at radius 3 is 2.55 bits per heavy atom. The van der Waals surface area contributed by atoms with Crippen LogP contribution in [0.25, 0.3) is 27.4 Å². The molecule has 2 aromatic carbocycles. The van der Waals surface area contributed by atoms with Crippen LogP contribution in [0, 0.1) is 0 Å². The van der Waals surface area contributed by atoms with Gasteiger partial charge in [-0.3, -0.25) is 4.79 Å². The maximum absolute atomic E-state index is 12.5. The second-order valence-corrected chi connectivity index (χ2v) is 5.27. The monoisotopic (exact) mass is 262 g/mol. The van der Waals surface area contributed by atoms with Crippen LogP contribution in [0.15, 0.2) is 47.8 Å². The number of aromatic nitrogens is 1. The smallest absolute Gasteiger partial charge is 0.258 e. The number of aryl methyl sites for hydroxylation is 1. The van der Waals surface area contributed by atoms with Crippen LogP contribution in [0.5, 0.6) is 0 Å². The molecule has 1 aromatic heterocycles. The molecule has 0 saturated heterocycles. The van der Waals surface area contributed by atoms with Gasteiger partial charge < -0.3 is 9.47 Å². The lowest BCUT2D eigenvalue weighted by atomic mass is 9.94. The summed E-state index contributed by atoms with van der Waals surface area (Å²) in [5.74, 6) is 0. The third-order valence-corrected chi connectivity index (χ3v) is 4.31. The van der Waals surface area contributed by atoms with Crippen LogP contribution < -0.4 is 10.5 Å². The van der Waals surface area contributed by atoms with Crippen molar-refractivity contribution in [3.63, 3.8) is 0 Å². The minimum absolute atomic E-state index is 0.0485. The van der Waals surface area contributed by atoms with Crippen LogP contribution in [0.2, 0.25) is 0 Å².